The van der Waals surface area contributed by atoms with Crippen LogP contribution in [0.4, 0.5) is 0 Å². The normalized spacial score (nSPS) is 15.1. The summed E-state index contributed by atoms with van der Waals surface area (Å²) in [6, 6.07) is 32.7. The fraction of sp³-hybridized carbons (Fsp3) is 0. The average molecular weight is 563 g/mol. The van der Waals surface area contributed by atoms with Gasteiger partial charge >= 0.3 is 0 Å². The third-order valence-corrected chi connectivity index (χ3v) is 7.16. The van der Waals surface area contributed by atoms with Crippen LogP contribution in [0, 0.1) is 23.7 Å². The topological polar surface area (TPSA) is 34.6 Å². The lowest BCUT2D eigenvalue weighted by Crippen LogP contribution is -1.99. The number of rotatable bonds is 4. The van der Waals surface area contributed by atoms with E-state index in [2.05, 4.69) is 67.1 Å². The number of nitrogens with zero attached hydrogens (tertiary/aromatic N) is 4. The Labute approximate surface area is 257 Å². The molecule has 2 aliphatic heterocycles. The zero-order chi connectivity index (χ0) is 29.6. The summed E-state index contributed by atoms with van der Waals surface area (Å²) in [6.45, 7) is 0. The first-order chi connectivity index (χ1) is 21.8. The summed E-state index contributed by atoms with van der Waals surface area (Å²) in [4.78, 5) is 9.09. The first-order valence-corrected chi connectivity index (χ1v) is 14.3. The van der Waals surface area contributed by atoms with Crippen LogP contribution in [0.5, 0.6) is 0 Å². The van der Waals surface area contributed by atoms with E-state index in [1.807, 2.05) is 134 Å². The molecule has 0 bridgehead atoms. The molecule has 0 unspecified atom stereocenters. The van der Waals surface area contributed by atoms with Crippen LogP contribution in [0.3, 0.4) is 0 Å². The smallest absolute Gasteiger partial charge is 0.0876 e. The van der Waals surface area contributed by atoms with Crippen molar-refractivity contribution in [2.45, 2.75) is 0 Å². The van der Waals surface area contributed by atoms with E-state index >= 15 is 0 Å². The minimum atomic E-state index is 0.911. The minimum absolute atomic E-state index is 0.911. The van der Waals surface area contributed by atoms with E-state index in [1.54, 1.807) is 0 Å². The lowest BCUT2D eigenvalue weighted by atomic mass is 10.0. The van der Waals surface area contributed by atoms with Gasteiger partial charge in [0.25, 0.3) is 0 Å². The number of aliphatic imine (C=N–C) groups is 2. The van der Waals surface area contributed by atoms with Crippen molar-refractivity contribution in [2.75, 3.05) is 0 Å². The molecule has 4 heterocycles. The molecule has 3 aromatic carbocycles. The van der Waals surface area contributed by atoms with Crippen molar-refractivity contribution in [1.29, 1.82) is 0 Å². The molecule has 2 aliphatic rings. The van der Waals surface area contributed by atoms with Crippen molar-refractivity contribution in [3.05, 3.63) is 191 Å². The van der Waals surface area contributed by atoms with Gasteiger partial charge in [-0.1, -0.05) is 54.0 Å². The molecule has 0 amide bonds. The van der Waals surface area contributed by atoms with Crippen LogP contribution in [0.25, 0.3) is 11.4 Å². The molecule has 4 heteroatoms. The molecular formula is C40H26N4. The van der Waals surface area contributed by atoms with Crippen molar-refractivity contribution in [3.8, 4) is 23.7 Å². The standard InChI is InChI=1S/C40H26N4/c1-2-25-43(24-1)39(37-16-8-22-41-37)35-14-6-12-33(29-35)20-18-31-10-5-11-32(28-31)19-21-34-13-7-15-36(30-34)40(38-17-9-23-42-38)44-26-3-4-27-44/h1-17,22-30H/b39-37-,40-38-. The van der Waals surface area contributed by atoms with Crippen LogP contribution < -0.4 is 0 Å². The van der Waals surface area contributed by atoms with Crippen LogP contribution in [0.1, 0.15) is 33.4 Å². The van der Waals surface area contributed by atoms with Crippen molar-refractivity contribution in [3.63, 3.8) is 0 Å². The maximum atomic E-state index is 4.55. The minimum Gasteiger partial charge on any atom is -0.321 e. The van der Waals surface area contributed by atoms with Gasteiger partial charge in [-0.25, -0.2) is 0 Å². The summed E-state index contributed by atoms with van der Waals surface area (Å²) >= 11 is 0. The molecule has 0 atom stereocenters. The third-order valence-electron chi connectivity index (χ3n) is 7.16. The zero-order valence-electron chi connectivity index (χ0n) is 23.8. The fourth-order valence-corrected chi connectivity index (χ4v) is 5.16. The SMILES string of the molecule is C(#Cc1cccc(/C(=C2\C=CC=N2)n2cccc2)c1)c1cccc(C#Cc2cccc(/C(=C3\C=CC=N3)n3cccc3)c2)c1. The Morgan fingerprint density at radius 1 is 0.455 bits per heavy atom. The van der Waals surface area contributed by atoms with Crippen molar-refractivity contribution in [2.24, 2.45) is 9.98 Å². The van der Waals surface area contributed by atoms with Gasteiger partial charge < -0.3 is 9.13 Å². The summed E-state index contributed by atoms with van der Waals surface area (Å²) in [5.41, 5.74) is 9.68. The van der Waals surface area contributed by atoms with E-state index in [0.29, 0.717) is 0 Å². The second kappa shape index (κ2) is 12.2. The van der Waals surface area contributed by atoms with Crippen LogP contribution in [0.2, 0.25) is 0 Å². The average Bonchev–Trinajstić information content (AvgIpc) is 3.90. The van der Waals surface area contributed by atoms with E-state index in [9.17, 15) is 0 Å². The number of hydrogen-bond donors (Lipinski definition) is 0. The molecule has 0 radical (unpaired) electrons. The molecule has 7 rings (SSSR count). The van der Waals surface area contributed by atoms with E-state index in [-0.39, 0.29) is 0 Å². The number of benzene rings is 3. The first-order valence-electron chi connectivity index (χ1n) is 14.3. The monoisotopic (exact) mass is 562 g/mol. The molecular weight excluding hydrogens is 536 g/mol. The predicted octanol–water partition coefficient (Wildman–Crippen LogP) is 7.80. The molecule has 0 N–H and O–H groups in total. The second-order valence-corrected chi connectivity index (χ2v) is 10.2. The molecule has 5 aromatic rings. The Hall–Kier alpha value is -6.36. The lowest BCUT2D eigenvalue weighted by Gasteiger charge is -2.11. The molecule has 2 aromatic heterocycles. The fourth-order valence-electron chi connectivity index (χ4n) is 5.16. The Kier molecular flexibility index (Phi) is 7.39. The number of hydrogen-bond acceptors (Lipinski definition) is 2. The van der Waals surface area contributed by atoms with Gasteiger partial charge in [-0.15, -0.1) is 0 Å². The lowest BCUT2D eigenvalue weighted by molar-refractivity contribution is 1.09. The molecule has 44 heavy (non-hydrogen) atoms. The molecule has 0 fully saturated rings. The Bertz CT molecular complexity index is 1980. The Morgan fingerprint density at radius 2 is 0.841 bits per heavy atom. The first kappa shape index (κ1) is 26.5. The van der Waals surface area contributed by atoms with Gasteiger partial charge in [0.2, 0.25) is 0 Å². The predicted molar refractivity (Wildman–Crippen MR) is 180 cm³/mol. The van der Waals surface area contributed by atoms with Gasteiger partial charge in [0.1, 0.15) is 0 Å². The summed E-state index contributed by atoms with van der Waals surface area (Å²) in [5.74, 6) is 13.3. The molecule has 206 valence electrons. The maximum absolute atomic E-state index is 4.55. The van der Waals surface area contributed by atoms with Crippen molar-refractivity contribution < 1.29 is 0 Å². The summed E-state index contributed by atoms with van der Waals surface area (Å²) in [6.07, 6.45) is 19.7. The molecule has 0 aliphatic carbocycles. The van der Waals surface area contributed by atoms with Crippen LogP contribution in [-0.2, 0) is 0 Å². The van der Waals surface area contributed by atoms with E-state index in [1.165, 1.54) is 0 Å². The van der Waals surface area contributed by atoms with E-state index < -0.39 is 0 Å². The van der Waals surface area contributed by atoms with Gasteiger partial charge in [0.05, 0.1) is 22.8 Å². The van der Waals surface area contributed by atoms with Crippen molar-refractivity contribution in [1.82, 2.24) is 9.13 Å². The Morgan fingerprint density at radius 3 is 1.23 bits per heavy atom. The molecule has 4 nitrogen and oxygen atoms in total. The molecule has 0 spiro atoms. The number of aromatic nitrogens is 2. The van der Waals surface area contributed by atoms with Crippen LogP contribution in [-0.4, -0.2) is 21.6 Å². The van der Waals surface area contributed by atoms with Gasteiger partial charge in [-0.05, 0) is 91.0 Å². The highest BCUT2D eigenvalue weighted by Gasteiger charge is 2.12. The highest BCUT2D eigenvalue weighted by Crippen LogP contribution is 2.26. The summed E-state index contributed by atoms with van der Waals surface area (Å²) in [7, 11) is 0. The van der Waals surface area contributed by atoms with Crippen LogP contribution >= 0.6 is 0 Å². The third kappa shape index (κ3) is 5.83. The van der Waals surface area contributed by atoms with Crippen LogP contribution in [0.15, 0.2) is 168 Å². The van der Waals surface area contributed by atoms with E-state index in [0.717, 1.165) is 56.2 Å². The Balaban J connectivity index is 1.15. The highest BCUT2D eigenvalue weighted by molar-refractivity contribution is 5.84. The maximum Gasteiger partial charge on any atom is 0.0876 e. The van der Waals surface area contributed by atoms with Gasteiger partial charge in [0, 0.05) is 70.6 Å². The van der Waals surface area contributed by atoms with Gasteiger partial charge in [0.15, 0.2) is 0 Å². The summed E-state index contributed by atoms with van der Waals surface area (Å²) in [5, 5.41) is 0. The largest absolute Gasteiger partial charge is 0.321 e. The van der Waals surface area contributed by atoms with E-state index in [4.69, 9.17) is 0 Å². The molecule has 0 saturated heterocycles. The van der Waals surface area contributed by atoms with Gasteiger partial charge in [-0.2, -0.15) is 0 Å². The quantitative estimate of drug-likeness (QED) is 0.200. The van der Waals surface area contributed by atoms with Gasteiger partial charge in [-0.3, -0.25) is 9.98 Å². The summed E-state index contributed by atoms with van der Waals surface area (Å²) < 4.78 is 4.18. The highest BCUT2D eigenvalue weighted by atomic mass is 15.0. The number of allylic oxidation sites excluding steroid dienone is 4. The zero-order valence-corrected chi connectivity index (χ0v) is 23.8. The van der Waals surface area contributed by atoms with Crippen molar-refractivity contribution >= 4 is 23.8 Å². The second-order valence-electron chi connectivity index (χ2n) is 10.2. The molecule has 0 saturated carbocycles.